The molecule has 3 heterocycles. The second kappa shape index (κ2) is 9.85. The molecular formula is C27H32N8O. The van der Waals surface area contributed by atoms with Crippen LogP contribution in [-0.4, -0.2) is 38.5 Å². The Morgan fingerprint density at radius 2 is 1.89 bits per heavy atom. The molecule has 1 atom stereocenters. The molecule has 186 valence electrons. The van der Waals surface area contributed by atoms with Gasteiger partial charge in [0.2, 0.25) is 5.95 Å². The largest absolute Gasteiger partial charge is 0.399 e. The fraction of sp³-hybridized carbons (Fsp3) is 0.333. The number of nitrogens with zero attached hydrogens (tertiary/aromatic N) is 5. The topological polar surface area (TPSA) is 114 Å². The molecule has 9 heteroatoms. The molecule has 2 aromatic carbocycles. The van der Waals surface area contributed by atoms with Crippen LogP contribution in [-0.2, 0) is 0 Å². The van der Waals surface area contributed by atoms with E-state index in [9.17, 15) is 4.79 Å². The maximum Gasteiger partial charge on any atom is 0.255 e. The summed E-state index contributed by atoms with van der Waals surface area (Å²) in [4.78, 5) is 29.4. The van der Waals surface area contributed by atoms with E-state index in [1.807, 2.05) is 30.6 Å². The normalized spacial score (nSPS) is 15.9. The van der Waals surface area contributed by atoms with E-state index in [0.29, 0.717) is 40.1 Å². The molecule has 0 saturated carbocycles. The number of carbonyl (C=O) groups excluding carboxylic acids is 1. The summed E-state index contributed by atoms with van der Waals surface area (Å²) in [5.74, 6) is 1.76. The van der Waals surface area contributed by atoms with Gasteiger partial charge in [-0.1, -0.05) is 13.0 Å². The van der Waals surface area contributed by atoms with Gasteiger partial charge in [0.05, 0.1) is 6.33 Å². The molecule has 4 N–H and O–H groups in total. The van der Waals surface area contributed by atoms with Crippen molar-refractivity contribution in [1.29, 1.82) is 0 Å². The smallest absolute Gasteiger partial charge is 0.255 e. The van der Waals surface area contributed by atoms with Crippen molar-refractivity contribution >= 4 is 45.9 Å². The summed E-state index contributed by atoms with van der Waals surface area (Å²) in [6.45, 7) is 8.38. The lowest BCUT2D eigenvalue weighted by Gasteiger charge is -2.31. The number of piperidine rings is 1. The van der Waals surface area contributed by atoms with Gasteiger partial charge in [0.1, 0.15) is 0 Å². The van der Waals surface area contributed by atoms with Gasteiger partial charge in [0.15, 0.2) is 17.0 Å². The second-order valence-electron chi connectivity index (χ2n) is 9.77. The number of anilines is 5. The Balaban J connectivity index is 1.45. The number of rotatable bonds is 6. The highest BCUT2D eigenvalue weighted by Crippen LogP contribution is 2.29. The third kappa shape index (κ3) is 4.95. The summed E-state index contributed by atoms with van der Waals surface area (Å²) >= 11 is 0. The lowest BCUT2D eigenvalue weighted by molar-refractivity contribution is 0.102. The van der Waals surface area contributed by atoms with Gasteiger partial charge in [-0.25, -0.2) is 4.98 Å². The van der Waals surface area contributed by atoms with E-state index in [0.717, 1.165) is 30.8 Å². The van der Waals surface area contributed by atoms with Gasteiger partial charge >= 0.3 is 0 Å². The number of aromatic nitrogens is 4. The standard InChI is InChI=1S/C27H32N8O/c1-17(2)35-16-29-23-24(32-27(33-25(23)35)34-13-5-6-18(3)15-34)30-21-7-4-8-22(14-21)31-26(36)19-9-11-20(28)12-10-19/h4,7-12,14,16-18H,5-6,13,15,28H2,1-3H3,(H,31,36)(H,30,32,33). The summed E-state index contributed by atoms with van der Waals surface area (Å²) in [5, 5.41) is 6.38. The van der Waals surface area contributed by atoms with Crippen molar-refractivity contribution in [2.24, 2.45) is 5.92 Å². The van der Waals surface area contributed by atoms with Crippen LogP contribution >= 0.6 is 0 Å². The Morgan fingerprint density at radius 3 is 2.64 bits per heavy atom. The number of benzene rings is 2. The number of carbonyl (C=O) groups is 1. The molecule has 1 aliphatic rings. The molecule has 5 rings (SSSR count). The molecule has 0 radical (unpaired) electrons. The monoisotopic (exact) mass is 484 g/mol. The molecule has 4 aromatic rings. The Morgan fingerprint density at radius 1 is 1.11 bits per heavy atom. The Bertz CT molecular complexity index is 1380. The molecule has 1 aliphatic heterocycles. The maximum absolute atomic E-state index is 12.7. The van der Waals surface area contributed by atoms with Crippen LogP contribution in [0.2, 0.25) is 0 Å². The summed E-state index contributed by atoms with van der Waals surface area (Å²) in [5.41, 5.74) is 9.88. The van der Waals surface area contributed by atoms with Crippen molar-refractivity contribution in [3.8, 4) is 0 Å². The SMILES string of the molecule is CC1CCCN(c2nc(Nc3cccc(NC(=O)c4ccc(N)cc4)c3)c3ncn(C(C)C)c3n2)C1. The summed E-state index contributed by atoms with van der Waals surface area (Å²) in [6, 6.07) is 14.6. The Kier molecular flexibility index (Phi) is 6.45. The Hall–Kier alpha value is -4.14. The summed E-state index contributed by atoms with van der Waals surface area (Å²) in [7, 11) is 0. The average Bonchev–Trinajstić information content (AvgIpc) is 3.29. The molecular weight excluding hydrogens is 452 g/mol. The van der Waals surface area contributed by atoms with Gasteiger partial charge in [-0.3, -0.25) is 4.79 Å². The van der Waals surface area contributed by atoms with Crippen LogP contribution < -0.4 is 21.3 Å². The van der Waals surface area contributed by atoms with E-state index in [1.54, 1.807) is 24.3 Å². The number of hydrogen-bond acceptors (Lipinski definition) is 7. The predicted octanol–water partition coefficient (Wildman–Crippen LogP) is 5.22. The molecule has 0 spiro atoms. The summed E-state index contributed by atoms with van der Waals surface area (Å²) < 4.78 is 2.07. The van der Waals surface area contributed by atoms with Crippen LogP contribution in [0.25, 0.3) is 11.2 Å². The highest BCUT2D eigenvalue weighted by molar-refractivity contribution is 6.04. The maximum atomic E-state index is 12.7. The first-order chi connectivity index (χ1) is 17.4. The van der Waals surface area contributed by atoms with Crippen molar-refractivity contribution in [1.82, 2.24) is 19.5 Å². The van der Waals surface area contributed by atoms with Crippen molar-refractivity contribution < 1.29 is 4.79 Å². The molecule has 36 heavy (non-hydrogen) atoms. The lowest BCUT2D eigenvalue weighted by Crippen LogP contribution is -2.35. The summed E-state index contributed by atoms with van der Waals surface area (Å²) in [6.07, 6.45) is 4.17. The van der Waals surface area contributed by atoms with Gasteiger partial charge < -0.3 is 25.8 Å². The van der Waals surface area contributed by atoms with E-state index in [1.165, 1.54) is 6.42 Å². The van der Waals surface area contributed by atoms with Gasteiger partial charge in [-0.2, -0.15) is 9.97 Å². The van der Waals surface area contributed by atoms with Crippen LogP contribution in [0, 0.1) is 5.92 Å². The van der Waals surface area contributed by atoms with Crippen molar-refractivity contribution in [3.05, 3.63) is 60.4 Å². The van der Waals surface area contributed by atoms with E-state index in [-0.39, 0.29) is 11.9 Å². The van der Waals surface area contributed by atoms with Crippen LogP contribution in [0.3, 0.4) is 0 Å². The zero-order chi connectivity index (χ0) is 25.2. The third-order valence-corrected chi connectivity index (χ3v) is 6.46. The molecule has 1 fully saturated rings. The third-order valence-electron chi connectivity index (χ3n) is 6.46. The van der Waals surface area contributed by atoms with Crippen molar-refractivity contribution in [2.45, 2.75) is 39.7 Å². The molecule has 1 unspecified atom stereocenters. The highest BCUT2D eigenvalue weighted by atomic mass is 16.1. The average molecular weight is 485 g/mol. The zero-order valence-corrected chi connectivity index (χ0v) is 20.9. The molecule has 1 saturated heterocycles. The van der Waals surface area contributed by atoms with Crippen LogP contribution in [0.4, 0.5) is 28.8 Å². The first kappa shape index (κ1) is 23.6. The molecule has 0 aliphatic carbocycles. The number of imidazole rings is 1. The minimum Gasteiger partial charge on any atom is -0.399 e. The number of nitrogen functional groups attached to an aromatic ring is 1. The van der Waals surface area contributed by atoms with Crippen molar-refractivity contribution in [3.63, 3.8) is 0 Å². The number of nitrogens with two attached hydrogens (primary N) is 1. The number of hydrogen-bond donors (Lipinski definition) is 3. The minimum absolute atomic E-state index is 0.200. The first-order valence-corrected chi connectivity index (χ1v) is 12.4. The Labute approximate surface area is 210 Å². The van der Waals surface area contributed by atoms with Crippen LogP contribution in [0.15, 0.2) is 54.9 Å². The van der Waals surface area contributed by atoms with E-state index >= 15 is 0 Å². The number of nitrogens with one attached hydrogen (secondary N) is 2. The predicted molar refractivity (Wildman–Crippen MR) is 145 cm³/mol. The molecule has 9 nitrogen and oxygen atoms in total. The highest BCUT2D eigenvalue weighted by Gasteiger charge is 2.22. The molecule has 0 bridgehead atoms. The fourth-order valence-electron chi connectivity index (χ4n) is 4.53. The fourth-order valence-corrected chi connectivity index (χ4v) is 4.53. The quantitative estimate of drug-likeness (QED) is 0.321. The van der Waals surface area contributed by atoms with E-state index in [4.69, 9.17) is 15.7 Å². The van der Waals surface area contributed by atoms with Crippen LogP contribution in [0.5, 0.6) is 0 Å². The second-order valence-corrected chi connectivity index (χ2v) is 9.77. The zero-order valence-electron chi connectivity index (χ0n) is 20.9. The van der Waals surface area contributed by atoms with E-state index < -0.39 is 0 Å². The van der Waals surface area contributed by atoms with E-state index in [2.05, 4.69) is 45.9 Å². The van der Waals surface area contributed by atoms with Crippen LogP contribution in [0.1, 0.15) is 50.0 Å². The van der Waals surface area contributed by atoms with Gasteiger partial charge in [-0.05, 0) is 75.1 Å². The first-order valence-electron chi connectivity index (χ1n) is 12.4. The number of fused-ring (bicyclic) bond motifs is 1. The minimum atomic E-state index is -0.200. The van der Waals surface area contributed by atoms with Gasteiger partial charge in [-0.15, -0.1) is 0 Å². The van der Waals surface area contributed by atoms with Gasteiger partial charge in [0, 0.05) is 41.8 Å². The lowest BCUT2D eigenvalue weighted by atomic mass is 10.0. The van der Waals surface area contributed by atoms with Crippen molar-refractivity contribution in [2.75, 3.05) is 34.4 Å². The van der Waals surface area contributed by atoms with Gasteiger partial charge in [0.25, 0.3) is 5.91 Å². The molecule has 1 amide bonds. The molecule has 2 aromatic heterocycles. The number of amides is 1.